The number of quaternary nitrogens is 1. The Hall–Kier alpha value is -2.81. The Morgan fingerprint density at radius 2 is 0.894 bits per heavy atom. The van der Waals surface area contributed by atoms with Crippen molar-refractivity contribution in [1.82, 2.24) is 0 Å². The third-order valence-electron chi connectivity index (χ3n) is 10.9. The number of carbonyl (C=O) groups is 2. The van der Waals surface area contributed by atoms with E-state index in [0.717, 1.165) is 51.4 Å². The molecule has 0 rings (SSSR count). The van der Waals surface area contributed by atoms with Crippen molar-refractivity contribution in [3.8, 4) is 0 Å². The standard InChI is InChI=1S/C56H98NO8P/c1-6-8-10-12-14-16-18-20-22-24-26-27-28-29-31-32-34-36-38-40-42-44-46-48-55(58)62-52-54(53-64-66(60,61)63-51-50-57(3,4)5)65-56(59)49-47-45-43-41-39-37-35-33-30-25-23-21-19-17-15-13-11-9-7-2/h9,11,15,17,21,23,30,33,37,39-40,42-43,45,54H,6-8,10,12-14,16,18-20,22,24-29,31-32,34-36,38,41,44,46-53H2,1-5H3/b11-9+,17-15+,23-21+,33-30+,39-37+,42-40+,45-43+/t54-/m1/s1. The number of nitrogens with zero attached hydrogens (tertiary/aromatic N) is 1. The van der Waals surface area contributed by atoms with Gasteiger partial charge in [0.15, 0.2) is 6.10 Å². The van der Waals surface area contributed by atoms with Crippen molar-refractivity contribution >= 4 is 19.8 Å². The topological polar surface area (TPSA) is 111 Å². The Bertz CT molecular complexity index is 1390. The van der Waals surface area contributed by atoms with Gasteiger partial charge in [-0.2, -0.15) is 0 Å². The second-order valence-electron chi connectivity index (χ2n) is 18.5. The van der Waals surface area contributed by atoms with Crippen molar-refractivity contribution in [2.75, 3.05) is 47.5 Å². The van der Waals surface area contributed by atoms with Crippen molar-refractivity contribution in [2.45, 2.75) is 213 Å². The lowest BCUT2D eigenvalue weighted by atomic mass is 10.0. The fourth-order valence-electron chi connectivity index (χ4n) is 6.86. The van der Waals surface area contributed by atoms with Crippen LogP contribution in [0.4, 0.5) is 0 Å². The van der Waals surface area contributed by atoms with Crippen LogP contribution >= 0.6 is 7.82 Å². The van der Waals surface area contributed by atoms with E-state index < -0.39 is 32.5 Å². The van der Waals surface area contributed by atoms with Crippen LogP contribution in [0.3, 0.4) is 0 Å². The monoisotopic (exact) mass is 944 g/mol. The third-order valence-corrected chi connectivity index (χ3v) is 11.9. The SMILES string of the molecule is CC/C=C/C/C=C/C/C=C/C/C=C/C/C=C/C/C=C/CCC(=O)O[C@H](COC(=O)CCC/C=C/CCCCCCCCCCCCCCCCCCCC)COP(=O)([O-])OCC[N+](C)(C)C. The zero-order valence-corrected chi connectivity index (χ0v) is 43.8. The molecule has 2 atom stereocenters. The summed E-state index contributed by atoms with van der Waals surface area (Å²) in [6, 6.07) is 0. The molecule has 0 aromatic rings. The number of rotatable bonds is 47. The Morgan fingerprint density at radius 1 is 0.485 bits per heavy atom. The molecule has 0 spiro atoms. The lowest BCUT2D eigenvalue weighted by molar-refractivity contribution is -0.870. The zero-order valence-electron chi connectivity index (χ0n) is 42.9. The first-order chi connectivity index (χ1) is 32.0. The average molecular weight is 944 g/mol. The molecule has 0 radical (unpaired) electrons. The highest BCUT2D eigenvalue weighted by molar-refractivity contribution is 7.45. The summed E-state index contributed by atoms with van der Waals surface area (Å²) in [6.45, 7) is 4.01. The third kappa shape index (κ3) is 50.6. The lowest BCUT2D eigenvalue weighted by Crippen LogP contribution is -2.37. The van der Waals surface area contributed by atoms with Gasteiger partial charge in [0, 0.05) is 12.8 Å². The molecular weight excluding hydrogens is 846 g/mol. The quantitative estimate of drug-likeness (QED) is 0.0195. The van der Waals surface area contributed by atoms with Gasteiger partial charge in [-0.25, -0.2) is 0 Å². The van der Waals surface area contributed by atoms with E-state index in [-0.39, 0.29) is 26.1 Å². The molecule has 0 aliphatic carbocycles. The number of phosphoric acid groups is 1. The van der Waals surface area contributed by atoms with E-state index in [1.54, 1.807) is 0 Å². The molecule has 0 saturated carbocycles. The molecule has 0 aliphatic rings. The molecule has 1 unspecified atom stereocenters. The van der Waals surface area contributed by atoms with Gasteiger partial charge in [-0.15, -0.1) is 0 Å². The number of unbranched alkanes of at least 4 members (excludes halogenated alkanes) is 19. The number of hydrogen-bond donors (Lipinski definition) is 0. The normalized spacial score (nSPS) is 14.1. The minimum Gasteiger partial charge on any atom is -0.756 e. The molecule has 0 heterocycles. The molecule has 0 N–H and O–H groups in total. The Balaban J connectivity index is 4.35. The summed E-state index contributed by atoms with van der Waals surface area (Å²) >= 11 is 0. The molecule has 0 aromatic carbocycles. The number of ether oxygens (including phenoxy) is 2. The predicted octanol–water partition coefficient (Wildman–Crippen LogP) is 15.3. The molecule has 0 amide bonds. The van der Waals surface area contributed by atoms with Gasteiger partial charge >= 0.3 is 11.9 Å². The van der Waals surface area contributed by atoms with Crippen molar-refractivity contribution in [2.24, 2.45) is 0 Å². The molecule has 0 bridgehead atoms. The van der Waals surface area contributed by atoms with Crippen LogP contribution in [0.1, 0.15) is 206 Å². The first-order valence-electron chi connectivity index (χ1n) is 26.3. The summed E-state index contributed by atoms with van der Waals surface area (Å²) in [5.41, 5.74) is 0. The van der Waals surface area contributed by atoms with Gasteiger partial charge in [0.25, 0.3) is 7.82 Å². The van der Waals surface area contributed by atoms with Gasteiger partial charge in [0.2, 0.25) is 0 Å². The highest BCUT2D eigenvalue weighted by Gasteiger charge is 2.21. The highest BCUT2D eigenvalue weighted by atomic mass is 31.2. The van der Waals surface area contributed by atoms with Crippen molar-refractivity contribution in [3.05, 3.63) is 85.1 Å². The van der Waals surface area contributed by atoms with E-state index in [9.17, 15) is 19.0 Å². The van der Waals surface area contributed by atoms with Crippen LogP contribution in [-0.4, -0.2) is 70.0 Å². The zero-order chi connectivity index (χ0) is 48.5. The molecular formula is C56H98NO8P. The molecule has 66 heavy (non-hydrogen) atoms. The van der Waals surface area contributed by atoms with E-state index in [1.165, 1.54) is 116 Å². The van der Waals surface area contributed by atoms with E-state index in [4.69, 9.17) is 18.5 Å². The molecule has 10 heteroatoms. The second kappa shape index (κ2) is 47.3. The Morgan fingerprint density at radius 3 is 1.35 bits per heavy atom. The molecule has 0 aliphatic heterocycles. The smallest absolute Gasteiger partial charge is 0.306 e. The van der Waals surface area contributed by atoms with E-state index in [1.807, 2.05) is 33.3 Å². The van der Waals surface area contributed by atoms with Gasteiger partial charge < -0.3 is 27.9 Å². The summed E-state index contributed by atoms with van der Waals surface area (Å²) < 4.78 is 33.9. The number of allylic oxidation sites excluding steroid dienone is 14. The van der Waals surface area contributed by atoms with Gasteiger partial charge in [-0.05, 0) is 70.6 Å². The highest BCUT2D eigenvalue weighted by Crippen LogP contribution is 2.38. The number of esters is 2. The summed E-state index contributed by atoms with van der Waals surface area (Å²) in [7, 11) is 1.10. The van der Waals surface area contributed by atoms with Crippen LogP contribution in [0.2, 0.25) is 0 Å². The number of likely N-dealkylation sites (N-methyl/N-ethyl adjacent to an activating group) is 1. The maximum Gasteiger partial charge on any atom is 0.306 e. The molecule has 9 nitrogen and oxygen atoms in total. The molecule has 0 fully saturated rings. The maximum atomic E-state index is 12.7. The van der Waals surface area contributed by atoms with Gasteiger partial charge in [0.1, 0.15) is 19.8 Å². The number of phosphoric ester groups is 1. The van der Waals surface area contributed by atoms with Crippen LogP contribution < -0.4 is 4.89 Å². The lowest BCUT2D eigenvalue weighted by Gasteiger charge is -2.28. The van der Waals surface area contributed by atoms with Crippen LogP contribution in [0.15, 0.2) is 85.1 Å². The fraction of sp³-hybridized carbons (Fsp3) is 0.714. The number of hydrogen-bond acceptors (Lipinski definition) is 8. The van der Waals surface area contributed by atoms with Gasteiger partial charge in [0.05, 0.1) is 27.7 Å². The van der Waals surface area contributed by atoms with E-state index in [2.05, 4.69) is 86.8 Å². The van der Waals surface area contributed by atoms with Crippen molar-refractivity contribution in [3.63, 3.8) is 0 Å². The molecule has 380 valence electrons. The van der Waals surface area contributed by atoms with Crippen LogP contribution in [0.25, 0.3) is 0 Å². The fourth-order valence-corrected chi connectivity index (χ4v) is 7.59. The summed E-state index contributed by atoms with van der Waals surface area (Å²) in [5, 5.41) is 0. The first-order valence-corrected chi connectivity index (χ1v) is 27.8. The largest absolute Gasteiger partial charge is 0.756 e. The van der Waals surface area contributed by atoms with E-state index >= 15 is 0 Å². The maximum absolute atomic E-state index is 12.7. The summed E-state index contributed by atoms with van der Waals surface area (Å²) in [4.78, 5) is 37.7. The van der Waals surface area contributed by atoms with Crippen molar-refractivity contribution < 1.29 is 42.1 Å². The molecule has 0 aromatic heterocycles. The second-order valence-corrected chi connectivity index (χ2v) is 19.9. The van der Waals surface area contributed by atoms with Crippen LogP contribution in [0, 0.1) is 0 Å². The number of carbonyl (C=O) groups excluding carboxylic acids is 2. The van der Waals surface area contributed by atoms with Crippen LogP contribution in [-0.2, 0) is 32.7 Å². The minimum atomic E-state index is -4.66. The van der Waals surface area contributed by atoms with Crippen LogP contribution in [0.5, 0.6) is 0 Å². The predicted molar refractivity (Wildman–Crippen MR) is 277 cm³/mol. The Labute approximate surface area is 405 Å². The van der Waals surface area contributed by atoms with Gasteiger partial charge in [-0.1, -0.05) is 208 Å². The van der Waals surface area contributed by atoms with E-state index in [0.29, 0.717) is 23.9 Å². The van der Waals surface area contributed by atoms with Crippen molar-refractivity contribution in [1.29, 1.82) is 0 Å². The summed E-state index contributed by atoms with van der Waals surface area (Å²) in [5.74, 6) is -0.971. The molecule has 0 saturated heterocycles. The summed E-state index contributed by atoms with van der Waals surface area (Å²) in [6.07, 6.45) is 62.3. The van der Waals surface area contributed by atoms with Gasteiger partial charge in [-0.3, -0.25) is 14.2 Å². The first kappa shape index (κ1) is 63.2. The minimum absolute atomic E-state index is 0.0519. The Kier molecular flexibility index (Phi) is 45.3. The average Bonchev–Trinajstić information content (AvgIpc) is 3.27.